The van der Waals surface area contributed by atoms with E-state index in [-0.39, 0.29) is 23.5 Å². The summed E-state index contributed by atoms with van der Waals surface area (Å²) in [6.07, 6.45) is 0.912. The van der Waals surface area contributed by atoms with Gasteiger partial charge in [-0.3, -0.25) is 14.0 Å². The van der Waals surface area contributed by atoms with Gasteiger partial charge in [0.1, 0.15) is 5.75 Å². The number of hydrogen-bond acceptors (Lipinski definition) is 5. The number of rotatable bonds is 9. The van der Waals surface area contributed by atoms with Crippen molar-refractivity contribution in [2.75, 3.05) is 31.0 Å². The predicted molar refractivity (Wildman–Crippen MR) is 137 cm³/mol. The van der Waals surface area contributed by atoms with E-state index in [0.717, 1.165) is 31.6 Å². The summed E-state index contributed by atoms with van der Waals surface area (Å²) in [4.78, 5) is 15.0. The molecule has 1 atom stereocenters. The van der Waals surface area contributed by atoms with E-state index in [9.17, 15) is 13.2 Å². The van der Waals surface area contributed by atoms with Crippen LogP contribution in [0.1, 0.15) is 17.5 Å². The van der Waals surface area contributed by atoms with E-state index in [0.29, 0.717) is 11.4 Å². The summed E-state index contributed by atoms with van der Waals surface area (Å²) in [5.41, 5.74) is 2.77. The van der Waals surface area contributed by atoms with Crippen molar-refractivity contribution in [1.29, 1.82) is 0 Å². The van der Waals surface area contributed by atoms with E-state index in [1.165, 1.54) is 16.9 Å². The number of sulfonamides is 1. The molecule has 35 heavy (non-hydrogen) atoms. The van der Waals surface area contributed by atoms with Gasteiger partial charge in [-0.1, -0.05) is 48.0 Å². The number of nitrogens with one attached hydrogen (secondary N) is 1. The number of carbonyl (C=O) groups excluding carboxylic acids is 1. The van der Waals surface area contributed by atoms with Crippen LogP contribution in [0.25, 0.3) is 0 Å². The van der Waals surface area contributed by atoms with E-state index in [1.807, 2.05) is 25.1 Å². The second-order valence-corrected chi connectivity index (χ2v) is 10.8. The summed E-state index contributed by atoms with van der Waals surface area (Å²) in [5.74, 6) is 0.335. The van der Waals surface area contributed by atoms with Crippen molar-refractivity contribution in [2.24, 2.45) is 0 Å². The number of amides is 1. The van der Waals surface area contributed by atoms with Gasteiger partial charge in [0, 0.05) is 32.7 Å². The average Bonchev–Trinajstić information content (AvgIpc) is 3.30. The molecule has 184 valence electrons. The van der Waals surface area contributed by atoms with Crippen LogP contribution in [0.5, 0.6) is 5.75 Å². The maximum atomic E-state index is 12.9. The van der Waals surface area contributed by atoms with E-state index in [1.54, 1.807) is 48.5 Å². The van der Waals surface area contributed by atoms with E-state index in [2.05, 4.69) is 22.3 Å². The first-order valence-electron chi connectivity index (χ1n) is 11.7. The molecule has 0 bridgehead atoms. The Morgan fingerprint density at radius 2 is 1.71 bits per heavy atom. The minimum Gasteiger partial charge on any atom is -0.484 e. The fourth-order valence-corrected chi connectivity index (χ4v) is 5.31. The third-order valence-corrected chi connectivity index (χ3v) is 7.94. The molecule has 8 heteroatoms. The molecule has 3 aromatic rings. The summed E-state index contributed by atoms with van der Waals surface area (Å²) >= 11 is 0. The Balaban J connectivity index is 1.25. The van der Waals surface area contributed by atoms with Gasteiger partial charge in [0.05, 0.1) is 10.6 Å². The normalized spacial score (nSPS) is 16.1. The maximum absolute atomic E-state index is 12.9. The molecule has 4 rings (SSSR count). The van der Waals surface area contributed by atoms with Gasteiger partial charge in [-0.25, -0.2) is 8.42 Å². The molecular weight excluding hydrogens is 462 g/mol. The van der Waals surface area contributed by atoms with Gasteiger partial charge in [-0.05, 0) is 55.3 Å². The van der Waals surface area contributed by atoms with Gasteiger partial charge >= 0.3 is 0 Å². The topological polar surface area (TPSA) is 78.9 Å². The highest BCUT2D eigenvalue weighted by Crippen LogP contribution is 2.24. The summed E-state index contributed by atoms with van der Waals surface area (Å²) in [5, 5.41) is 3.04. The molecule has 0 aromatic heterocycles. The molecule has 1 saturated heterocycles. The van der Waals surface area contributed by atoms with Crippen molar-refractivity contribution in [3.05, 3.63) is 90.0 Å². The molecule has 1 amide bonds. The van der Waals surface area contributed by atoms with Crippen LogP contribution in [0.15, 0.2) is 83.8 Å². The summed E-state index contributed by atoms with van der Waals surface area (Å²) in [6.45, 7) is 4.46. The van der Waals surface area contributed by atoms with Gasteiger partial charge in [0.25, 0.3) is 15.9 Å². The van der Waals surface area contributed by atoms with Crippen LogP contribution in [-0.4, -0.2) is 52.0 Å². The summed E-state index contributed by atoms with van der Waals surface area (Å²) in [6, 6.07) is 23.8. The lowest BCUT2D eigenvalue weighted by Gasteiger charge is -2.20. The van der Waals surface area contributed by atoms with Crippen LogP contribution in [0.3, 0.4) is 0 Å². The monoisotopic (exact) mass is 493 g/mol. The van der Waals surface area contributed by atoms with Gasteiger partial charge in [0.15, 0.2) is 6.61 Å². The second-order valence-electron chi connectivity index (χ2n) is 8.84. The van der Waals surface area contributed by atoms with Crippen molar-refractivity contribution in [3.63, 3.8) is 0 Å². The van der Waals surface area contributed by atoms with Crippen molar-refractivity contribution in [1.82, 2.24) is 10.2 Å². The predicted octanol–water partition coefficient (Wildman–Crippen LogP) is 3.59. The largest absolute Gasteiger partial charge is 0.484 e. The molecule has 0 aliphatic carbocycles. The molecule has 1 aliphatic heterocycles. The van der Waals surface area contributed by atoms with E-state index >= 15 is 0 Å². The second kappa shape index (κ2) is 10.9. The standard InChI is InChI=1S/C27H31N3O4S/c1-21-8-14-26(15-9-21)35(32,33)29(2)24-10-12-25(13-11-24)34-20-27(31)28-23-16-17-30(19-23)18-22-6-4-3-5-7-22/h3-15,23H,16-20H2,1-2H3,(H,28,31)/t23-/m1/s1. The average molecular weight is 494 g/mol. The summed E-state index contributed by atoms with van der Waals surface area (Å²) in [7, 11) is -2.15. The fourth-order valence-electron chi connectivity index (χ4n) is 4.11. The molecule has 1 aliphatic rings. The first-order chi connectivity index (χ1) is 16.8. The first kappa shape index (κ1) is 24.8. The number of ether oxygens (including phenoxy) is 1. The van der Waals surface area contributed by atoms with Crippen LogP contribution in [0, 0.1) is 6.92 Å². The summed E-state index contributed by atoms with van der Waals surface area (Å²) < 4.78 is 32.6. The van der Waals surface area contributed by atoms with Crippen molar-refractivity contribution in [3.8, 4) is 5.75 Å². The third-order valence-electron chi connectivity index (χ3n) is 6.14. The minimum absolute atomic E-state index is 0.0912. The molecule has 1 fully saturated rings. The van der Waals surface area contributed by atoms with Crippen molar-refractivity contribution in [2.45, 2.75) is 30.8 Å². The van der Waals surface area contributed by atoms with Crippen LogP contribution >= 0.6 is 0 Å². The third kappa shape index (κ3) is 6.41. The van der Waals surface area contributed by atoms with Crippen molar-refractivity contribution >= 4 is 21.6 Å². The lowest BCUT2D eigenvalue weighted by Crippen LogP contribution is -2.39. The molecule has 0 unspecified atom stereocenters. The van der Waals surface area contributed by atoms with Crippen molar-refractivity contribution < 1.29 is 17.9 Å². The Labute approximate surface area is 207 Å². The van der Waals surface area contributed by atoms with Gasteiger partial charge < -0.3 is 10.1 Å². The number of carbonyl (C=O) groups is 1. The molecule has 0 spiro atoms. The smallest absolute Gasteiger partial charge is 0.264 e. The number of benzene rings is 3. The highest BCUT2D eigenvalue weighted by molar-refractivity contribution is 7.92. The highest BCUT2D eigenvalue weighted by atomic mass is 32.2. The fraction of sp³-hybridized carbons (Fsp3) is 0.296. The Kier molecular flexibility index (Phi) is 7.73. The molecule has 3 aromatic carbocycles. The SMILES string of the molecule is Cc1ccc(S(=O)(=O)N(C)c2ccc(OCC(=O)N[C@@H]3CCN(Cc4ccccc4)C3)cc2)cc1. The number of aryl methyl sites for hydroxylation is 1. The van der Waals surface area contributed by atoms with E-state index in [4.69, 9.17) is 4.74 Å². The van der Waals surface area contributed by atoms with Crippen LogP contribution in [0.4, 0.5) is 5.69 Å². The Morgan fingerprint density at radius 3 is 2.40 bits per heavy atom. The van der Waals surface area contributed by atoms with E-state index < -0.39 is 10.0 Å². The van der Waals surface area contributed by atoms with Crippen LogP contribution in [0.2, 0.25) is 0 Å². The first-order valence-corrected chi connectivity index (χ1v) is 13.1. The number of nitrogens with zero attached hydrogens (tertiary/aromatic N) is 2. The highest BCUT2D eigenvalue weighted by Gasteiger charge is 2.24. The molecule has 1 N–H and O–H groups in total. The minimum atomic E-state index is -3.66. The number of anilines is 1. The molecule has 1 heterocycles. The zero-order valence-corrected chi connectivity index (χ0v) is 20.9. The molecule has 0 radical (unpaired) electrons. The molecule has 7 nitrogen and oxygen atoms in total. The van der Waals surface area contributed by atoms with Crippen LogP contribution < -0.4 is 14.4 Å². The van der Waals surface area contributed by atoms with Gasteiger partial charge in [-0.15, -0.1) is 0 Å². The lowest BCUT2D eigenvalue weighted by molar-refractivity contribution is -0.123. The number of likely N-dealkylation sites (tertiary alicyclic amines) is 1. The van der Waals surface area contributed by atoms with Gasteiger partial charge in [0.2, 0.25) is 0 Å². The zero-order valence-electron chi connectivity index (χ0n) is 20.1. The Bertz CT molecular complexity index is 1230. The lowest BCUT2D eigenvalue weighted by atomic mass is 10.2. The zero-order chi connectivity index (χ0) is 24.8. The Morgan fingerprint density at radius 1 is 1.03 bits per heavy atom. The maximum Gasteiger partial charge on any atom is 0.264 e. The molecule has 0 saturated carbocycles. The molecular formula is C27H31N3O4S. The van der Waals surface area contributed by atoms with Gasteiger partial charge in [-0.2, -0.15) is 0 Å². The number of hydrogen-bond donors (Lipinski definition) is 1. The quantitative estimate of drug-likeness (QED) is 0.493. The Hall–Kier alpha value is -3.36. The van der Waals surface area contributed by atoms with Crippen LogP contribution in [-0.2, 0) is 21.4 Å².